The van der Waals surface area contributed by atoms with Crippen molar-refractivity contribution < 1.29 is 4.74 Å². The smallest absolute Gasteiger partial charge is 0.125 e. The first-order valence-electron chi connectivity index (χ1n) is 7.12. The number of nitrogens with zero attached hydrogens (tertiary/aromatic N) is 1. The van der Waals surface area contributed by atoms with Crippen molar-refractivity contribution in [3.8, 4) is 5.75 Å². The monoisotopic (exact) mass is 348 g/mol. The molecule has 112 valence electrons. The molecule has 0 aliphatic carbocycles. The first-order chi connectivity index (χ1) is 10.1. The van der Waals surface area contributed by atoms with Crippen molar-refractivity contribution >= 4 is 15.9 Å². The van der Waals surface area contributed by atoms with Gasteiger partial charge in [-0.2, -0.15) is 0 Å². The highest BCUT2D eigenvalue weighted by molar-refractivity contribution is 9.10. The fraction of sp³-hybridized carbons (Fsp3) is 0.353. The molecule has 1 unspecified atom stereocenters. The lowest BCUT2D eigenvalue weighted by atomic mass is 10.0. The molecule has 2 aromatic rings. The molecule has 1 heterocycles. The molecular formula is C17H21BrN2O. The van der Waals surface area contributed by atoms with E-state index in [1.165, 1.54) is 5.56 Å². The summed E-state index contributed by atoms with van der Waals surface area (Å²) in [6.45, 7) is 4.73. The Balaban J connectivity index is 2.08. The van der Waals surface area contributed by atoms with Crippen LogP contribution in [0.4, 0.5) is 0 Å². The molecule has 0 spiro atoms. The fourth-order valence-corrected chi connectivity index (χ4v) is 2.94. The summed E-state index contributed by atoms with van der Waals surface area (Å²) in [6.07, 6.45) is 5.30. The van der Waals surface area contributed by atoms with Gasteiger partial charge in [-0.25, -0.2) is 0 Å². The van der Waals surface area contributed by atoms with Crippen LogP contribution in [0, 0.1) is 6.92 Å². The van der Waals surface area contributed by atoms with Crippen LogP contribution in [0.25, 0.3) is 0 Å². The van der Waals surface area contributed by atoms with Crippen LogP contribution >= 0.6 is 15.9 Å². The van der Waals surface area contributed by atoms with Crippen LogP contribution < -0.4 is 10.5 Å². The molecule has 0 amide bonds. The Kier molecular flexibility index (Phi) is 5.76. The lowest BCUT2D eigenvalue weighted by molar-refractivity contribution is 0.315. The van der Waals surface area contributed by atoms with Crippen LogP contribution in [0.2, 0.25) is 0 Å². The maximum absolute atomic E-state index is 6.03. The molecule has 0 aliphatic rings. The van der Waals surface area contributed by atoms with E-state index in [1.807, 2.05) is 31.5 Å². The molecule has 3 nitrogen and oxygen atoms in total. The second kappa shape index (κ2) is 7.57. The lowest BCUT2D eigenvalue weighted by Crippen LogP contribution is -2.19. The SMILES string of the molecule is Cc1cc(Br)cc(CC(C)N)c1OCCc1ccncc1. The number of hydrogen-bond donors (Lipinski definition) is 1. The summed E-state index contributed by atoms with van der Waals surface area (Å²) in [5.74, 6) is 0.963. The van der Waals surface area contributed by atoms with Gasteiger partial charge in [-0.05, 0) is 61.2 Å². The highest BCUT2D eigenvalue weighted by Gasteiger charge is 2.11. The number of aryl methyl sites for hydroxylation is 1. The van der Waals surface area contributed by atoms with Gasteiger partial charge in [-0.1, -0.05) is 15.9 Å². The number of pyridine rings is 1. The predicted molar refractivity (Wildman–Crippen MR) is 89.7 cm³/mol. The van der Waals surface area contributed by atoms with Gasteiger partial charge in [-0.15, -0.1) is 0 Å². The third-order valence-corrected chi connectivity index (χ3v) is 3.70. The van der Waals surface area contributed by atoms with Gasteiger partial charge in [0.25, 0.3) is 0 Å². The molecule has 1 aromatic heterocycles. The fourth-order valence-electron chi connectivity index (χ4n) is 2.32. The van der Waals surface area contributed by atoms with Crippen molar-refractivity contribution in [2.45, 2.75) is 32.7 Å². The second-order valence-corrected chi connectivity index (χ2v) is 6.26. The minimum absolute atomic E-state index is 0.112. The van der Waals surface area contributed by atoms with E-state index in [1.54, 1.807) is 0 Å². The molecule has 0 aliphatic heterocycles. The average Bonchev–Trinajstić information content (AvgIpc) is 2.42. The number of nitrogens with two attached hydrogens (primary N) is 1. The van der Waals surface area contributed by atoms with E-state index in [0.29, 0.717) is 6.61 Å². The van der Waals surface area contributed by atoms with Crippen molar-refractivity contribution in [3.63, 3.8) is 0 Å². The zero-order chi connectivity index (χ0) is 15.2. The van der Waals surface area contributed by atoms with Crippen molar-refractivity contribution in [2.24, 2.45) is 5.73 Å². The first-order valence-corrected chi connectivity index (χ1v) is 7.92. The average molecular weight is 349 g/mol. The Morgan fingerprint density at radius 3 is 2.67 bits per heavy atom. The third kappa shape index (κ3) is 4.83. The molecule has 21 heavy (non-hydrogen) atoms. The van der Waals surface area contributed by atoms with Crippen LogP contribution in [0.5, 0.6) is 5.75 Å². The number of halogens is 1. The van der Waals surface area contributed by atoms with Crippen molar-refractivity contribution in [2.75, 3.05) is 6.61 Å². The number of rotatable bonds is 6. The van der Waals surface area contributed by atoms with E-state index in [2.05, 4.69) is 40.0 Å². The highest BCUT2D eigenvalue weighted by Crippen LogP contribution is 2.29. The van der Waals surface area contributed by atoms with Crippen molar-refractivity contribution in [3.05, 3.63) is 57.8 Å². The summed E-state index contributed by atoms with van der Waals surface area (Å²) in [6, 6.07) is 8.31. The second-order valence-electron chi connectivity index (χ2n) is 5.35. The number of aromatic nitrogens is 1. The van der Waals surface area contributed by atoms with Gasteiger partial charge in [0, 0.05) is 29.3 Å². The molecule has 1 atom stereocenters. The lowest BCUT2D eigenvalue weighted by Gasteiger charge is -2.16. The van der Waals surface area contributed by atoms with Crippen molar-refractivity contribution in [1.82, 2.24) is 4.98 Å². The summed E-state index contributed by atoms with van der Waals surface area (Å²) in [5, 5.41) is 0. The molecule has 2 N–H and O–H groups in total. The molecule has 0 saturated heterocycles. The van der Waals surface area contributed by atoms with Gasteiger partial charge in [-0.3, -0.25) is 4.98 Å². The minimum atomic E-state index is 0.112. The molecule has 0 fully saturated rings. The maximum atomic E-state index is 6.03. The van der Waals surface area contributed by atoms with E-state index in [4.69, 9.17) is 10.5 Å². The van der Waals surface area contributed by atoms with Crippen LogP contribution in [0.3, 0.4) is 0 Å². The van der Waals surface area contributed by atoms with Gasteiger partial charge in [0.05, 0.1) is 6.61 Å². The quantitative estimate of drug-likeness (QED) is 0.866. The molecule has 0 radical (unpaired) electrons. The molecule has 4 heteroatoms. The van der Waals surface area contributed by atoms with Gasteiger partial charge in [0.2, 0.25) is 0 Å². The van der Waals surface area contributed by atoms with Gasteiger partial charge in [0.15, 0.2) is 0 Å². The van der Waals surface area contributed by atoms with E-state index < -0.39 is 0 Å². The van der Waals surface area contributed by atoms with Crippen LogP contribution in [-0.2, 0) is 12.8 Å². The van der Waals surface area contributed by atoms with E-state index in [9.17, 15) is 0 Å². The Morgan fingerprint density at radius 1 is 1.29 bits per heavy atom. The summed E-state index contributed by atoms with van der Waals surface area (Å²) in [5.41, 5.74) is 9.46. The summed E-state index contributed by atoms with van der Waals surface area (Å²) >= 11 is 3.54. The molecule has 1 aromatic carbocycles. The number of hydrogen-bond acceptors (Lipinski definition) is 3. The predicted octanol–water partition coefficient (Wildman–Crippen LogP) is 3.66. The van der Waals surface area contributed by atoms with E-state index in [-0.39, 0.29) is 6.04 Å². The molecule has 2 rings (SSSR count). The largest absolute Gasteiger partial charge is 0.493 e. The third-order valence-electron chi connectivity index (χ3n) is 3.24. The highest BCUT2D eigenvalue weighted by atomic mass is 79.9. The Morgan fingerprint density at radius 2 is 2.00 bits per heavy atom. The van der Waals surface area contributed by atoms with E-state index in [0.717, 1.165) is 34.2 Å². The normalized spacial score (nSPS) is 12.2. The van der Waals surface area contributed by atoms with Gasteiger partial charge in [0.1, 0.15) is 5.75 Å². The molecule has 0 saturated carbocycles. The maximum Gasteiger partial charge on any atom is 0.125 e. The van der Waals surface area contributed by atoms with Gasteiger partial charge < -0.3 is 10.5 Å². The number of ether oxygens (including phenoxy) is 1. The number of benzene rings is 1. The van der Waals surface area contributed by atoms with Crippen LogP contribution in [0.15, 0.2) is 41.1 Å². The topological polar surface area (TPSA) is 48.1 Å². The van der Waals surface area contributed by atoms with Crippen LogP contribution in [0.1, 0.15) is 23.6 Å². The Hall–Kier alpha value is -1.39. The minimum Gasteiger partial charge on any atom is -0.493 e. The first kappa shape index (κ1) is 16.0. The Bertz CT molecular complexity index is 585. The van der Waals surface area contributed by atoms with E-state index >= 15 is 0 Å². The summed E-state index contributed by atoms with van der Waals surface area (Å²) < 4.78 is 7.10. The summed E-state index contributed by atoms with van der Waals surface area (Å²) in [4.78, 5) is 4.02. The zero-order valence-corrected chi connectivity index (χ0v) is 14.1. The zero-order valence-electron chi connectivity index (χ0n) is 12.5. The standard InChI is InChI=1S/C17H21BrN2O/c1-12-9-16(18)11-15(10-13(2)19)17(12)21-8-5-14-3-6-20-7-4-14/h3-4,6-7,9,11,13H,5,8,10,19H2,1-2H3. The van der Waals surface area contributed by atoms with Crippen molar-refractivity contribution in [1.29, 1.82) is 0 Å². The molecule has 0 bridgehead atoms. The van der Waals surface area contributed by atoms with Gasteiger partial charge >= 0.3 is 0 Å². The molecular weight excluding hydrogens is 328 g/mol. The van der Waals surface area contributed by atoms with Crippen LogP contribution in [-0.4, -0.2) is 17.6 Å². The summed E-state index contributed by atoms with van der Waals surface area (Å²) in [7, 11) is 0. The Labute approximate surface area is 134 Å².